The van der Waals surface area contributed by atoms with E-state index in [9.17, 15) is 13.2 Å². The van der Waals surface area contributed by atoms with Crippen LogP contribution in [0.2, 0.25) is 0 Å². The molecule has 2 heterocycles. The lowest BCUT2D eigenvalue weighted by atomic mass is 9.94. The number of alkyl halides is 3. The SMILES string of the molecule is N#Cc1n[nH]nc1C1=Cc2c(ccn2CCCC(F)(F)F)CC1. The van der Waals surface area contributed by atoms with Crippen molar-refractivity contribution in [3.63, 3.8) is 0 Å². The van der Waals surface area contributed by atoms with Gasteiger partial charge in [0.1, 0.15) is 11.8 Å². The summed E-state index contributed by atoms with van der Waals surface area (Å²) in [6.45, 7) is 0.308. The molecule has 0 amide bonds. The monoisotopic (exact) mass is 321 g/mol. The van der Waals surface area contributed by atoms with Crippen molar-refractivity contribution >= 4 is 11.6 Å². The lowest BCUT2D eigenvalue weighted by Crippen LogP contribution is -2.10. The first-order valence-corrected chi connectivity index (χ1v) is 7.24. The predicted octanol–water partition coefficient (Wildman–Crippen LogP) is 3.31. The van der Waals surface area contributed by atoms with E-state index in [1.165, 1.54) is 0 Å². The minimum atomic E-state index is -4.13. The summed E-state index contributed by atoms with van der Waals surface area (Å²) < 4.78 is 38.7. The standard InChI is InChI=1S/C15H14F3N5/c16-15(17,18)5-1-6-23-7-4-10-2-3-11(8-13(10)23)14-12(9-19)20-22-21-14/h4,7-8H,1-3,5-6H2,(H,20,21,22). The van der Waals surface area contributed by atoms with Gasteiger partial charge in [0.05, 0.1) is 0 Å². The molecule has 5 nitrogen and oxygen atoms in total. The van der Waals surface area contributed by atoms with Gasteiger partial charge in [-0.1, -0.05) is 0 Å². The number of aromatic nitrogens is 4. The molecule has 8 heteroatoms. The summed E-state index contributed by atoms with van der Waals surface area (Å²) >= 11 is 0. The van der Waals surface area contributed by atoms with Crippen molar-refractivity contribution in [2.24, 2.45) is 0 Å². The molecule has 0 aliphatic heterocycles. The lowest BCUT2D eigenvalue weighted by Gasteiger charge is -2.15. The van der Waals surface area contributed by atoms with Crippen LogP contribution in [0.15, 0.2) is 12.3 Å². The molecule has 0 unspecified atom stereocenters. The molecule has 0 radical (unpaired) electrons. The highest BCUT2D eigenvalue weighted by atomic mass is 19.4. The number of hydrogen-bond donors (Lipinski definition) is 1. The molecular formula is C15H14F3N5. The predicted molar refractivity (Wildman–Crippen MR) is 77.0 cm³/mol. The fraction of sp³-hybridized carbons (Fsp3) is 0.400. The molecule has 0 bridgehead atoms. The van der Waals surface area contributed by atoms with E-state index in [1.807, 2.05) is 29.0 Å². The van der Waals surface area contributed by atoms with Crippen molar-refractivity contribution in [1.82, 2.24) is 20.0 Å². The molecule has 0 saturated carbocycles. The number of nitrogens with one attached hydrogen (secondary N) is 1. The quantitative estimate of drug-likeness (QED) is 0.939. The maximum Gasteiger partial charge on any atom is 0.389 e. The van der Waals surface area contributed by atoms with Gasteiger partial charge in [-0.2, -0.15) is 28.7 Å². The first kappa shape index (κ1) is 15.3. The van der Waals surface area contributed by atoms with E-state index in [1.54, 1.807) is 0 Å². The Labute approximate surface area is 130 Å². The highest BCUT2D eigenvalue weighted by Gasteiger charge is 2.26. The van der Waals surface area contributed by atoms with Gasteiger partial charge in [0.15, 0.2) is 5.69 Å². The van der Waals surface area contributed by atoms with E-state index < -0.39 is 12.6 Å². The number of allylic oxidation sites excluding steroid dienone is 1. The van der Waals surface area contributed by atoms with Crippen molar-refractivity contribution < 1.29 is 13.2 Å². The van der Waals surface area contributed by atoms with Gasteiger partial charge in [0.2, 0.25) is 0 Å². The van der Waals surface area contributed by atoms with E-state index in [4.69, 9.17) is 5.26 Å². The first-order chi connectivity index (χ1) is 11.0. The van der Waals surface area contributed by atoms with Gasteiger partial charge < -0.3 is 4.57 Å². The fourth-order valence-corrected chi connectivity index (χ4v) is 2.79. The van der Waals surface area contributed by atoms with E-state index in [0.29, 0.717) is 12.2 Å². The molecule has 0 fully saturated rings. The van der Waals surface area contributed by atoms with Crippen LogP contribution in [0.25, 0.3) is 11.6 Å². The van der Waals surface area contributed by atoms with Crippen LogP contribution in [-0.4, -0.2) is 26.2 Å². The number of aromatic amines is 1. The fourth-order valence-electron chi connectivity index (χ4n) is 2.79. The molecule has 0 atom stereocenters. The van der Waals surface area contributed by atoms with Crippen LogP contribution in [0.1, 0.15) is 41.9 Å². The van der Waals surface area contributed by atoms with E-state index in [0.717, 1.165) is 29.7 Å². The minimum absolute atomic E-state index is 0.0429. The maximum absolute atomic E-state index is 12.3. The summed E-state index contributed by atoms with van der Waals surface area (Å²) in [7, 11) is 0. The van der Waals surface area contributed by atoms with E-state index >= 15 is 0 Å². The van der Waals surface area contributed by atoms with Crippen LogP contribution in [0, 0.1) is 11.3 Å². The number of H-pyrrole nitrogens is 1. The molecular weight excluding hydrogens is 307 g/mol. The van der Waals surface area contributed by atoms with Crippen LogP contribution < -0.4 is 0 Å². The summed E-state index contributed by atoms with van der Waals surface area (Å²) in [6, 6.07) is 3.91. The van der Waals surface area contributed by atoms with Crippen LogP contribution in [0.4, 0.5) is 13.2 Å². The Morgan fingerprint density at radius 2 is 2.13 bits per heavy atom. The second kappa shape index (κ2) is 5.91. The largest absolute Gasteiger partial charge is 0.389 e. The van der Waals surface area contributed by atoms with Gasteiger partial charge in [0.25, 0.3) is 0 Å². The van der Waals surface area contributed by atoms with Gasteiger partial charge in [-0.15, -0.1) is 5.10 Å². The van der Waals surface area contributed by atoms with Crippen molar-refractivity contribution in [3.8, 4) is 6.07 Å². The van der Waals surface area contributed by atoms with Crippen LogP contribution in [0.3, 0.4) is 0 Å². The summed E-state index contributed by atoms with van der Waals surface area (Å²) in [5.74, 6) is 0. The average Bonchev–Trinajstić information content (AvgIpc) is 3.12. The molecule has 0 saturated heterocycles. The number of halogens is 3. The number of nitriles is 1. The molecule has 0 aromatic carbocycles. The molecule has 3 rings (SSSR count). The topological polar surface area (TPSA) is 70.3 Å². The third-order valence-electron chi connectivity index (χ3n) is 3.89. The zero-order valence-corrected chi connectivity index (χ0v) is 12.2. The molecule has 1 N–H and O–H groups in total. The van der Waals surface area contributed by atoms with Gasteiger partial charge >= 0.3 is 6.18 Å². The first-order valence-electron chi connectivity index (χ1n) is 7.24. The number of fused-ring (bicyclic) bond motifs is 1. The zero-order chi connectivity index (χ0) is 16.4. The van der Waals surface area contributed by atoms with Crippen molar-refractivity contribution in [1.29, 1.82) is 5.26 Å². The molecule has 23 heavy (non-hydrogen) atoms. The number of nitrogens with zero attached hydrogens (tertiary/aromatic N) is 4. The Balaban J connectivity index is 1.82. The van der Waals surface area contributed by atoms with Crippen molar-refractivity contribution in [3.05, 3.63) is 34.9 Å². The maximum atomic E-state index is 12.3. The normalized spacial score (nSPS) is 14.3. The Morgan fingerprint density at radius 1 is 1.30 bits per heavy atom. The Bertz CT molecular complexity index is 776. The number of rotatable bonds is 4. The van der Waals surface area contributed by atoms with E-state index in [2.05, 4.69) is 15.4 Å². The third kappa shape index (κ3) is 3.28. The highest BCUT2D eigenvalue weighted by Crippen LogP contribution is 2.31. The Kier molecular flexibility index (Phi) is 3.94. The molecule has 2 aromatic heterocycles. The summed E-state index contributed by atoms with van der Waals surface area (Å²) in [5, 5.41) is 19.3. The molecule has 120 valence electrons. The molecule has 0 spiro atoms. The van der Waals surface area contributed by atoms with E-state index in [-0.39, 0.29) is 12.1 Å². The molecule has 1 aliphatic carbocycles. The zero-order valence-electron chi connectivity index (χ0n) is 12.2. The highest BCUT2D eigenvalue weighted by molar-refractivity contribution is 5.83. The van der Waals surface area contributed by atoms with Gasteiger partial charge in [0, 0.05) is 24.9 Å². The minimum Gasteiger partial charge on any atom is -0.348 e. The van der Waals surface area contributed by atoms with Crippen LogP contribution in [-0.2, 0) is 13.0 Å². The second-order valence-electron chi connectivity index (χ2n) is 5.44. The third-order valence-corrected chi connectivity index (χ3v) is 3.89. The van der Waals surface area contributed by atoms with Gasteiger partial charge in [-0.3, -0.25) is 0 Å². The van der Waals surface area contributed by atoms with Crippen molar-refractivity contribution in [2.45, 2.75) is 38.4 Å². The van der Waals surface area contributed by atoms with Gasteiger partial charge in [-0.05, 0) is 42.5 Å². The lowest BCUT2D eigenvalue weighted by molar-refractivity contribution is -0.135. The number of aryl methyl sites for hydroxylation is 2. The molecule has 1 aliphatic rings. The number of hydrogen-bond acceptors (Lipinski definition) is 3. The summed E-state index contributed by atoms with van der Waals surface area (Å²) in [6.07, 6.45) is 0.321. The Hall–Kier alpha value is -2.56. The average molecular weight is 321 g/mol. The Morgan fingerprint density at radius 3 is 2.87 bits per heavy atom. The molecule has 2 aromatic rings. The summed E-state index contributed by atoms with van der Waals surface area (Å²) in [5.41, 5.74) is 3.61. The second-order valence-corrected chi connectivity index (χ2v) is 5.44. The van der Waals surface area contributed by atoms with Crippen molar-refractivity contribution in [2.75, 3.05) is 0 Å². The van der Waals surface area contributed by atoms with Crippen LogP contribution >= 0.6 is 0 Å². The van der Waals surface area contributed by atoms with Crippen LogP contribution in [0.5, 0.6) is 0 Å². The summed E-state index contributed by atoms with van der Waals surface area (Å²) in [4.78, 5) is 0. The smallest absolute Gasteiger partial charge is 0.348 e. The van der Waals surface area contributed by atoms with Gasteiger partial charge in [-0.25, -0.2) is 0 Å².